The average molecular weight is 229 g/mol. The summed E-state index contributed by atoms with van der Waals surface area (Å²) < 4.78 is 0. The zero-order chi connectivity index (χ0) is 12.1. The van der Waals surface area contributed by atoms with Gasteiger partial charge in [0.15, 0.2) is 0 Å². The van der Waals surface area contributed by atoms with Crippen LogP contribution in [0.2, 0.25) is 0 Å². The first kappa shape index (κ1) is 12.1. The number of nitriles is 1. The van der Waals surface area contributed by atoms with Crippen LogP contribution in [0.25, 0.3) is 0 Å². The van der Waals surface area contributed by atoms with Crippen LogP contribution in [0.15, 0.2) is 24.5 Å². The van der Waals surface area contributed by atoms with Crippen molar-refractivity contribution in [2.75, 3.05) is 13.1 Å². The van der Waals surface area contributed by atoms with Crippen LogP contribution < -0.4 is 0 Å². The molecule has 17 heavy (non-hydrogen) atoms. The van der Waals surface area contributed by atoms with Gasteiger partial charge in [0.05, 0.1) is 6.07 Å². The van der Waals surface area contributed by atoms with E-state index in [-0.39, 0.29) is 0 Å². The summed E-state index contributed by atoms with van der Waals surface area (Å²) in [4.78, 5) is 6.46. The summed E-state index contributed by atoms with van der Waals surface area (Å²) in [5, 5.41) is 8.84. The van der Waals surface area contributed by atoms with Gasteiger partial charge in [-0.15, -0.1) is 0 Å². The van der Waals surface area contributed by atoms with Gasteiger partial charge in [-0.25, -0.2) is 0 Å². The summed E-state index contributed by atoms with van der Waals surface area (Å²) in [6.07, 6.45) is 6.82. The zero-order valence-electron chi connectivity index (χ0n) is 10.4. The molecule has 0 amide bonds. The summed E-state index contributed by atoms with van der Waals surface area (Å²) in [7, 11) is 0. The van der Waals surface area contributed by atoms with Gasteiger partial charge < -0.3 is 0 Å². The number of rotatable bonds is 6. The predicted molar refractivity (Wildman–Crippen MR) is 67.1 cm³/mol. The molecule has 3 nitrogen and oxygen atoms in total. The van der Waals surface area contributed by atoms with Crippen LogP contribution in [0.3, 0.4) is 0 Å². The Morgan fingerprint density at radius 3 is 2.65 bits per heavy atom. The molecule has 0 aromatic carbocycles. The average Bonchev–Trinajstić information content (AvgIpc) is 3.10. The zero-order valence-corrected chi connectivity index (χ0v) is 10.4. The van der Waals surface area contributed by atoms with Crippen molar-refractivity contribution >= 4 is 0 Å². The summed E-state index contributed by atoms with van der Waals surface area (Å²) in [6, 6.07) is 6.45. The van der Waals surface area contributed by atoms with Gasteiger partial charge in [-0.1, -0.05) is 6.92 Å². The lowest BCUT2D eigenvalue weighted by atomic mass is 10.0. The highest BCUT2D eigenvalue weighted by Crippen LogP contribution is 2.49. The number of nitrogens with zero attached hydrogens (tertiary/aromatic N) is 3. The summed E-state index contributed by atoms with van der Waals surface area (Å²) in [5.74, 6) is 0. The Hall–Kier alpha value is -1.40. The smallest absolute Gasteiger partial charge is 0.0628 e. The lowest BCUT2D eigenvalue weighted by Gasteiger charge is -2.25. The van der Waals surface area contributed by atoms with Crippen LogP contribution in [0, 0.1) is 16.7 Å². The molecule has 1 fully saturated rings. The van der Waals surface area contributed by atoms with E-state index in [1.807, 2.05) is 12.4 Å². The third-order valence-corrected chi connectivity index (χ3v) is 3.57. The number of hydrogen-bond donors (Lipinski definition) is 0. The lowest BCUT2D eigenvalue weighted by molar-refractivity contribution is 0.223. The van der Waals surface area contributed by atoms with Crippen molar-refractivity contribution in [1.82, 2.24) is 9.88 Å². The Morgan fingerprint density at radius 2 is 2.12 bits per heavy atom. The van der Waals surface area contributed by atoms with E-state index in [1.165, 1.54) is 18.4 Å². The Bertz CT molecular complexity index is 390. The molecule has 1 aliphatic carbocycles. The predicted octanol–water partition coefficient (Wildman–Crippen LogP) is 2.60. The van der Waals surface area contributed by atoms with Gasteiger partial charge >= 0.3 is 0 Å². The van der Waals surface area contributed by atoms with Crippen molar-refractivity contribution in [3.05, 3.63) is 30.1 Å². The number of hydrogen-bond acceptors (Lipinski definition) is 3. The molecule has 2 rings (SSSR count). The molecule has 0 bridgehead atoms. The summed E-state index contributed by atoms with van der Waals surface area (Å²) in [6.45, 7) is 5.24. The minimum Gasteiger partial charge on any atom is -0.299 e. The van der Waals surface area contributed by atoms with Crippen molar-refractivity contribution < 1.29 is 0 Å². The maximum Gasteiger partial charge on any atom is 0.0628 e. The highest BCUT2D eigenvalue weighted by molar-refractivity contribution is 5.10. The van der Waals surface area contributed by atoms with Crippen LogP contribution in [0.1, 0.15) is 31.7 Å². The molecular formula is C14H19N3. The molecule has 1 heterocycles. The van der Waals surface area contributed by atoms with E-state index in [4.69, 9.17) is 5.26 Å². The van der Waals surface area contributed by atoms with E-state index in [9.17, 15) is 0 Å². The van der Waals surface area contributed by atoms with Gasteiger partial charge in [0, 0.05) is 31.9 Å². The Morgan fingerprint density at radius 1 is 1.41 bits per heavy atom. The maximum absolute atomic E-state index is 8.84. The number of aromatic nitrogens is 1. The molecule has 0 unspecified atom stereocenters. The lowest BCUT2D eigenvalue weighted by Crippen LogP contribution is -2.29. The second kappa shape index (κ2) is 5.29. The Balaban J connectivity index is 1.92. The van der Waals surface area contributed by atoms with Crippen LogP contribution in [0.5, 0.6) is 0 Å². The molecule has 0 spiro atoms. The van der Waals surface area contributed by atoms with Crippen LogP contribution >= 0.6 is 0 Å². The monoisotopic (exact) mass is 229 g/mol. The van der Waals surface area contributed by atoms with E-state index in [0.717, 1.165) is 19.6 Å². The Kier molecular flexibility index (Phi) is 3.75. The fourth-order valence-electron chi connectivity index (χ4n) is 2.24. The van der Waals surface area contributed by atoms with Crippen molar-refractivity contribution in [2.45, 2.75) is 32.7 Å². The SMILES string of the molecule is CCN(Cc1ccncc1)CC1(CC#N)CC1. The van der Waals surface area contributed by atoms with Gasteiger partial charge in [0.25, 0.3) is 0 Å². The second-order valence-electron chi connectivity index (χ2n) is 4.99. The molecule has 1 aromatic rings. The van der Waals surface area contributed by atoms with Gasteiger partial charge in [0.1, 0.15) is 0 Å². The molecule has 3 heteroatoms. The van der Waals surface area contributed by atoms with E-state index in [1.54, 1.807) is 0 Å². The van der Waals surface area contributed by atoms with E-state index >= 15 is 0 Å². The van der Waals surface area contributed by atoms with Crippen LogP contribution in [-0.4, -0.2) is 23.0 Å². The first-order valence-corrected chi connectivity index (χ1v) is 6.26. The van der Waals surface area contributed by atoms with Gasteiger partial charge in [-0.2, -0.15) is 5.26 Å². The first-order valence-electron chi connectivity index (χ1n) is 6.26. The number of pyridine rings is 1. The van der Waals surface area contributed by atoms with E-state index in [0.29, 0.717) is 11.8 Å². The maximum atomic E-state index is 8.84. The molecule has 1 saturated carbocycles. The van der Waals surface area contributed by atoms with Crippen LogP contribution in [0.4, 0.5) is 0 Å². The highest BCUT2D eigenvalue weighted by atomic mass is 15.1. The first-order chi connectivity index (χ1) is 8.28. The van der Waals surface area contributed by atoms with Crippen molar-refractivity contribution in [2.24, 2.45) is 5.41 Å². The van der Waals surface area contributed by atoms with E-state index < -0.39 is 0 Å². The molecule has 0 saturated heterocycles. The fraction of sp³-hybridized carbons (Fsp3) is 0.571. The van der Waals surface area contributed by atoms with Crippen molar-refractivity contribution in [3.8, 4) is 6.07 Å². The fourth-order valence-corrected chi connectivity index (χ4v) is 2.24. The van der Waals surface area contributed by atoms with Gasteiger partial charge in [-0.05, 0) is 42.5 Å². The van der Waals surface area contributed by atoms with Gasteiger partial charge in [0.2, 0.25) is 0 Å². The normalized spacial score (nSPS) is 16.8. The highest BCUT2D eigenvalue weighted by Gasteiger charge is 2.43. The topological polar surface area (TPSA) is 39.9 Å². The third-order valence-electron chi connectivity index (χ3n) is 3.57. The summed E-state index contributed by atoms with van der Waals surface area (Å²) in [5.41, 5.74) is 1.60. The minimum absolute atomic E-state index is 0.303. The molecule has 0 aliphatic heterocycles. The van der Waals surface area contributed by atoms with Crippen LogP contribution in [-0.2, 0) is 6.54 Å². The second-order valence-corrected chi connectivity index (χ2v) is 4.99. The molecule has 0 atom stereocenters. The standard InChI is InChI=1S/C14H19N3/c1-2-17(11-13-3-9-16-10-4-13)12-14(5-6-14)7-8-15/h3-4,9-10H,2,5-7,11-12H2,1H3. The minimum atomic E-state index is 0.303. The largest absolute Gasteiger partial charge is 0.299 e. The quantitative estimate of drug-likeness (QED) is 0.752. The summed E-state index contributed by atoms with van der Waals surface area (Å²) >= 11 is 0. The molecule has 1 aliphatic rings. The van der Waals surface area contributed by atoms with Gasteiger partial charge in [-0.3, -0.25) is 9.88 Å². The van der Waals surface area contributed by atoms with Crippen molar-refractivity contribution in [3.63, 3.8) is 0 Å². The third kappa shape index (κ3) is 3.28. The van der Waals surface area contributed by atoms with E-state index in [2.05, 4.69) is 35.0 Å². The molecular weight excluding hydrogens is 210 g/mol. The molecule has 90 valence electrons. The Labute approximate surface area is 103 Å². The van der Waals surface area contributed by atoms with Crippen molar-refractivity contribution in [1.29, 1.82) is 5.26 Å². The molecule has 0 N–H and O–H groups in total. The molecule has 0 radical (unpaired) electrons. The molecule has 1 aromatic heterocycles.